The van der Waals surface area contributed by atoms with E-state index >= 15 is 0 Å². The lowest BCUT2D eigenvalue weighted by Crippen LogP contribution is -2.09. The van der Waals surface area contributed by atoms with Crippen molar-refractivity contribution in [2.75, 3.05) is 0 Å². The lowest BCUT2D eigenvalue weighted by Gasteiger charge is -2.10. The van der Waals surface area contributed by atoms with E-state index in [0.29, 0.717) is 5.69 Å². The third kappa shape index (κ3) is 2.31. The van der Waals surface area contributed by atoms with E-state index < -0.39 is 17.6 Å². The summed E-state index contributed by atoms with van der Waals surface area (Å²) in [5, 5.41) is 0. The maximum atomic E-state index is 13.1. The molecule has 1 aromatic carbocycles. The summed E-state index contributed by atoms with van der Waals surface area (Å²) in [5.41, 5.74) is -0.434. The highest BCUT2D eigenvalue weighted by Crippen LogP contribution is 2.32. The van der Waals surface area contributed by atoms with Crippen molar-refractivity contribution >= 4 is 12.2 Å². The van der Waals surface area contributed by atoms with Gasteiger partial charge in [0, 0.05) is 17.6 Å². The lowest BCUT2D eigenvalue weighted by atomic mass is 10.2. The zero-order chi connectivity index (χ0) is 13.5. The van der Waals surface area contributed by atoms with Gasteiger partial charge in [0.15, 0.2) is 4.77 Å². The second kappa shape index (κ2) is 4.24. The van der Waals surface area contributed by atoms with Crippen molar-refractivity contribution in [3.05, 3.63) is 46.2 Å². The summed E-state index contributed by atoms with van der Waals surface area (Å²) < 4.78 is 52.4. The molecule has 0 bridgehead atoms. The zero-order valence-electron chi connectivity index (χ0n) is 9.18. The van der Waals surface area contributed by atoms with Gasteiger partial charge in [-0.3, -0.25) is 4.57 Å². The van der Waals surface area contributed by atoms with Crippen molar-refractivity contribution in [1.29, 1.82) is 0 Å². The van der Waals surface area contributed by atoms with Gasteiger partial charge in [-0.05, 0) is 37.3 Å². The summed E-state index contributed by atoms with van der Waals surface area (Å²) in [6.07, 6.45) is -3.18. The Balaban J connectivity index is 2.61. The number of alkyl halides is 3. The molecule has 18 heavy (non-hydrogen) atoms. The van der Waals surface area contributed by atoms with Crippen molar-refractivity contribution in [3.8, 4) is 5.69 Å². The quantitative estimate of drug-likeness (QED) is 0.616. The van der Waals surface area contributed by atoms with Crippen LogP contribution in [-0.4, -0.2) is 9.55 Å². The monoisotopic (exact) mass is 276 g/mol. The Morgan fingerprint density at radius 2 is 1.94 bits per heavy atom. The average molecular weight is 276 g/mol. The van der Waals surface area contributed by atoms with E-state index in [2.05, 4.69) is 4.98 Å². The van der Waals surface area contributed by atoms with Gasteiger partial charge in [-0.2, -0.15) is 13.2 Å². The Bertz CT molecular complexity index is 639. The maximum absolute atomic E-state index is 13.1. The number of aryl methyl sites for hydroxylation is 1. The Labute approximate surface area is 105 Å². The molecular weight excluding hydrogens is 268 g/mol. The minimum absolute atomic E-state index is 0.165. The van der Waals surface area contributed by atoms with Crippen molar-refractivity contribution < 1.29 is 17.6 Å². The summed E-state index contributed by atoms with van der Waals surface area (Å²) in [5.74, 6) is -1.30. The van der Waals surface area contributed by atoms with Crippen molar-refractivity contribution in [2.45, 2.75) is 13.1 Å². The fourth-order valence-electron chi connectivity index (χ4n) is 1.59. The van der Waals surface area contributed by atoms with Gasteiger partial charge in [0.2, 0.25) is 0 Å². The second-order valence-electron chi connectivity index (χ2n) is 3.77. The molecule has 2 nitrogen and oxygen atoms in total. The molecule has 0 saturated carbocycles. The molecule has 1 N–H and O–H groups in total. The highest BCUT2D eigenvalue weighted by Gasteiger charge is 2.34. The molecule has 0 aliphatic heterocycles. The third-order valence-electron chi connectivity index (χ3n) is 2.38. The van der Waals surface area contributed by atoms with E-state index in [9.17, 15) is 17.6 Å². The second-order valence-corrected chi connectivity index (χ2v) is 4.16. The van der Waals surface area contributed by atoms with E-state index in [1.54, 1.807) is 13.1 Å². The summed E-state index contributed by atoms with van der Waals surface area (Å²) in [6, 6.07) is 2.76. The molecule has 96 valence electrons. The fraction of sp³-hybridized carbons (Fsp3) is 0.182. The fourth-order valence-corrected chi connectivity index (χ4v) is 1.90. The highest BCUT2D eigenvalue weighted by atomic mass is 32.1. The van der Waals surface area contributed by atoms with Crippen LogP contribution in [0.5, 0.6) is 0 Å². The van der Waals surface area contributed by atoms with Crippen molar-refractivity contribution in [2.24, 2.45) is 0 Å². The van der Waals surface area contributed by atoms with Crippen LogP contribution in [0.25, 0.3) is 5.69 Å². The molecule has 0 aliphatic rings. The van der Waals surface area contributed by atoms with Gasteiger partial charge in [0.05, 0.1) is 5.56 Å². The number of rotatable bonds is 1. The average Bonchev–Trinajstić information content (AvgIpc) is 2.57. The Morgan fingerprint density at radius 1 is 1.28 bits per heavy atom. The molecule has 0 amide bonds. The van der Waals surface area contributed by atoms with E-state index in [0.717, 1.165) is 12.1 Å². The number of nitrogens with one attached hydrogen (secondary N) is 1. The normalized spacial score (nSPS) is 11.8. The van der Waals surface area contributed by atoms with Crippen LogP contribution in [0.2, 0.25) is 0 Å². The van der Waals surface area contributed by atoms with Gasteiger partial charge in [-0.15, -0.1) is 0 Å². The number of aromatic amines is 1. The largest absolute Gasteiger partial charge is 0.419 e. The van der Waals surface area contributed by atoms with Crippen LogP contribution >= 0.6 is 12.2 Å². The first-order valence-corrected chi connectivity index (χ1v) is 5.35. The van der Waals surface area contributed by atoms with Crippen LogP contribution in [0.4, 0.5) is 17.6 Å². The van der Waals surface area contributed by atoms with E-state index in [1.165, 1.54) is 10.6 Å². The van der Waals surface area contributed by atoms with E-state index in [4.69, 9.17) is 12.2 Å². The molecule has 2 aromatic rings. The summed E-state index contributed by atoms with van der Waals surface area (Å²) in [4.78, 5) is 2.78. The number of H-pyrrole nitrogens is 1. The van der Waals surface area contributed by atoms with Gasteiger partial charge >= 0.3 is 6.18 Å². The van der Waals surface area contributed by atoms with Crippen molar-refractivity contribution in [1.82, 2.24) is 9.55 Å². The standard InChI is InChI=1S/C11H8F4N2S/c1-6-5-17(10(18)16-6)7-2-3-9(12)8(4-7)11(13,14)15/h2-5H,1H3,(H,16,18). The predicted octanol–water partition coefficient (Wildman–Crippen LogP) is 4.00. The first-order chi connectivity index (χ1) is 8.29. The molecule has 1 aromatic heterocycles. The maximum Gasteiger partial charge on any atom is 0.419 e. The Kier molecular flexibility index (Phi) is 3.02. The Hall–Kier alpha value is -1.63. The molecule has 1 heterocycles. The number of hydrogen-bond donors (Lipinski definition) is 1. The van der Waals surface area contributed by atoms with Crippen molar-refractivity contribution in [3.63, 3.8) is 0 Å². The molecule has 7 heteroatoms. The smallest absolute Gasteiger partial charge is 0.335 e. The number of halogens is 4. The van der Waals surface area contributed by atoms with Gasteiger partial charge < -0.3 is 4.98 Å². The van der Waals surface area contributed by atoms with E-state index in [-0.39, 0.29) is 10.5 Å². The molecule has 0 radical (unpaired) electrons. The number of aromatic nitrogens is 2. The minimum atomic E-state index is -4.73. The van der Waals surface area contributed by atoms with Gasteiger partial charge in [-0.25, -0.2) is 4.39 Å². The zero-order valence-corrected chi connectivity index (χ0v) is 9.99. The van der Waals surface area contributed by atoms with Crippen LogP contribution in [0.3, 0.4) is 0 Å². The van der Waals surface area contributed by atoms with Crippen LogP contribution in [-0.2, 0) is 6.18 Å². The molecule has 0 atom stereocenters. The first kappa shape index (κ1) is 12.8. The third-order valence-corrected chi connectivity index (χ3v) is 2.68. The Morgan fingerprint density at radius 3 is 2.44 bits per heavy atom. The van der Waals surface area contributed by atoms with Crippen LogP contribution < -0.4 is 0 Å². The SMILES string of the molecule is Cc1cn(-c2ccc(F)c(C(F)(F)F)c2)c(=S)[nH]1. The highest BCUT2D eigenvalue weighted by molar-refractivity contribution is 7.71. The lowest BCUT2D eigenvalue weighted by molar-refractivity contribution is -0.140. The van der Waals surface area contributed by atoms with Crippen LogP contribution in [0.1, 0.15) is 11.3 Å². The molecular formula is C11H8F4N2S. The number of imidazole rings is 1. The van der Waals surface area contributed by atoms with Gasteiger partial charge in [0.25, 0.3) is 0 Å². The van der Waals surface area contributed by atoms with Gasteiger partial charge in [0.1, 0.15) is 5.82 Å². The van der Waals surface area contributed by atoms with E-state index in [1.807, 2.05) is 0 Å². The summed E-state index contributed by atoms with van der Waals surface area (Å²) in [7, 11) is 0. The first-order valence-electron chi connectivity index (χ1n) is 4.94. The number of nitrogens with zero attached hydrogens (tertiary/aromatic N) is 1. The topological polar surface area (TPSA) is 20.7 Å². The molecule has 2 rings (SSSR count). The van der Waals surface area contributed by atoms with Gasteiger partial charge in [-0.1, -0.05) is 0 Å². The number of benzene rings is 1. The molecule has 0 unspecified atom stereocenters. The van der Waals surface area contributed by atoms with Crippen LogP contribution in [0.15, 0.2) is 24.4 Å². The van der Waals surface area contributed by atoms with Crippen LogP contribution in [0, 0.1) is 17.5 Å². The minimum Gasteiger partial charge on any atom is -0.335 e. The molecule has 0 fully saturated rings. The molecule has 0 aliphatic carbocycles. The predicted molar refractivity (Wildman–Crippen MR) is 60.7 cm³/mol. The number of hydrogen-bond acceptors (Lipinski definition) is 1. The molecule has 0 spiro atoms. The summed E-state index contributed by atoms with van der Waals surface area (Å²) >= 11 is 4.96. The molecule has 0 saturated heterocycles. The summed E-state index contributed by atoms with van der Waals surface area (Å²) in [6.45, 7) is 1.72.